The number of nitrogens with one attached hydrogen (secondary N) is 2. The molecule has 0 spiro atoms. The topological polar surface area (TPSA) is 59.6 Å². The highest BCUT2D eigenvalue weighted by Crippen LogP contribution is 2.45. The number of methoxy groups -OCH3 is 2. The van der Waals surface area contributed by atoms with E-state index >= 15 is 0 Å². The number of halogens is 2. The average Bonchev–Trinajstić information content (AvgIpc) is 3.20. The summed E-state index contributed by atoms with van der Waals surface area (Å²) in [6, 6.07) is 40.6. The number of hydrogen-bond donors (Lipinski definition) is 2. The molecule has 1 aliphatic rings. The molecule has 0 aliphatic carbocycles. The molecule has 53 heavy (non-hydrogen) atoms. The third-order valence-electron chi connectivity index (χ3n) is 10.9. The van der Waals surface area contributed by atoms with E-state index in [1.54, 1.807) is 26.4 Å². The van der Waals surface area contributed by atoms with Gasteiger partial charge in [-0.05, 0) is 115 Å². The van der Waals surface area contributed by atoms with E-state index in [0.717, 1.165) is 73.6 Å². The van der Waals surface area contributed by atoms with Crippen LogP contribution in [-0.4, -0.2) is 33.2 Å². The van der Waals surface area contributed by atoms with Crippen LogP contribution < -0.4 is 20.1 Å². The minimum absolute atomic E-state index is 0.0117. The van der Waals surface area contributed by atoms with Gasteiger partial charge in [0.25, 0.3) is 0 Å². The third kappa shape index (κ3) is 9.30. The number of fused-ring (bicyclic) bond motifs is 1. The largest absolute Gasteiger partial charge is 0.493 e. The first kappa shape index (κ1) is 38.1. The highest BCUT2D eigenvalue weighted by Gasteiger charge is 2.40. The van der Waals surface area contributed by atoms with Gasteiger partial charge in [-0.25, -0.2) is 4.39 Å². The molecule has 5 aromatic rings. The Bertz CT molecular complexity index is 1880. The van der Waals surface area contributed by atoms with E-state index in [1.165, 1.54) is 39.9 Å². The number of ether oxygens (including phenoxy) is 2. The van der Waals surface area contributed by atoms with Gasteiger partial charge in [0.05, 0.1) is 14.2 Å². The molecule has 0 fully saturated rings. The quantitative estimate of drug-likeness (QED) is 0.0935. The number of rotatable bonds is 17. The third-order valence-corrected chi connectivity index (χ3v) is 11.2. The van der Waals surface area contributed by atoms with Crippen LogP contribution >= 0.6 is 11.6 Å². The lowest BCUT2D eigenvalue weighted by atomic mass is 9.66. The first-order chi connectivity index (χ1) is 25.8. The SMILES string of the molecule is COc1cc2c(cc1OC)C(CCCC(CCCNC(=O)CCc1ccc(F)cc1)(c1ccccc1)c1ccccc1)(Cc1ccc(Cl)cc1)NCC2. The van der Waals surface area contributed by atoms with Crippen LogP contribution in [0.2, 0.25) is 5.02 Å². The maximum absolute atomic E-state index is 13.3. The van der Waals surface area contributed by atoms with E-state index in [0.29, 0.717) is 19.4 Å². The van der Waals surface area contributed by atoms with Crippen molar-refractivity contribution in [3.05, 3.63) is 166 Å². The van der Waals surface area contributed by atoms with Crippen molar-refractivity contribution in [3.63, 3.8) is 0 Å². The molecule has 6 rings (SSSR count). The van der Waals surface area contributed by atoms with Crippen molar-refractivity contribution in [2.45, 2.75) is 68.7 Å². The number of hydrogen-bond acceptors (Lipinski definition) is 4. The number of carbonyl (C=O) groups is 1. The lowest BCUT2D eigenvalue weighted by molar-refractivity contribution is -0.121. The van der Waals surface area contributed by atoms with Gasteiger partial charge in [0.15, 0.2) is 11.5 Å². The molecule has 276 valence electrons. The van der Waals surface area contributed by atoms with Crippen molar-refractivity contribution in [1.29, 1.82) is 0 Å². The van der Waals surface area contributed by atoms with Gasteiger partial charge in [0, 0.05) is 35.5 Å². The van der Waals surface area contributed by atoms with Crippen LogP contribution in [0.25, 0.3) is 0 Å². The average molecular weight is 733 g/mol. The van der Waals surface area contributed by atoms with Crippen LogP contribution in [0.15, 0.2) is 121 Å². The molecule has 0 bridgehead atoms. The maximum Gasteiger partial charge on any atom is 0.220 e. The van der Waals surface area contributed by atoms with Gasteiger partial charge < -0.3 is 20.1 Å². The first-order valence-corrected chi connectivity index (χ1v) is 19.1. The summed E-state index contributed by atoms with van der Waals surface area (Å²) in [5.41, 5.74) is 6.67. The molecule has 1 aliphatic heterocycles. The molecule has 1 atom stereocenters. The molecular weight excluding hydrogens is 683 g/mol. The lowest BCUT2D eigenvalue weighted by Crippen LogP contribution is -2.49. The Morgan fingerprint density at radius 2 is 1.42 bits per heavy atom. The van der Waals surface area contributed by atoms with Crippen LogP contribution in [0.4, 0.5) is 4.39 Å². The summed E-state index contributed by atoms with van der Waals surface area (Å²) in [5.74, 6) is 1.23. The molecule has 0 radical (unpaired) electrons. The molecular formula is C46H50ClFN2O3. The summed E-state index contributed by atoms with van der Waals surface area (Å²) in [5, 5.41) is 7.89. The van der Waals surface area contributed by atoms with Crippen molar-refractivity contribution in [1.82, 2.24) is 10.6 Å². The normalized spacial score (nSPS) is 15.4. The maximum atomic E-state index is 13.3. The highest BCUT2D eigenvalue weighted by molar-refractivity contribution is 6.30. The molecule has 0 aromatic heterocycles. The fourth-order valence-corrected chi connectivity index (χ4v) is 8.34. The van der Waals surface area contributed by atoms with Gasteiger partial charge in [-0.2, -0.15) is 0 Å². The molecule has 2 N–H and O–H groups in total. The predicted molar refractivity (Wildman–Crippen MR) is 213 cm³/mol. The van der Waals surface area contributed by atoms with Crippen LogP contribution in [0.3, 0.4) is 0 Å². The van der Waals surface area contributed by atoms with E-state index in [-0.39, 0.29) is 22.7 Å². The minimum atomic E-state index is -0.335. The standard InChI is InChI=1S/C46H50ClFN2O3/c1-52-42-31-36-25-30-50-46(41(36)32-43(42)53-2,33-35-15-20-39(47)21-16-35)28-9-26-45(37-11-5-3-6-12-37,38-13-7-4-8-14-38)27-10-29-49-44(51)24-19-34-17-22-40(48)23-18-34/h3-8,11-18,20-23,31-32,50H,9-10,19,24-30,33H2,1-2H3,(H,49,51). The summed E-state index contributed by atoms with van der Waals surface area (Å²) >= 11 is 6.33. The molecule has 0 saturated heterocycles. The Balaban J connectivity index is 1.26. The fourth-order valence-electron chi connectivity index (χ4n) is 8.22. The predicted octanol–water partition coefficient (Wildman–Crippen LogP) is 9.77. The van der Waals surface area contributed by atoms with Gasteiger partial charge in [0.2, 0.25) is 5.91 Å². The Hall–Kier alpha value is -4.65. The van der Waals surface area contributed by atoms with E-state index in [1.807, 2.05) is 12.1 Å². The molecule has 5 nitrogen and oxygen atoms in total. The Kier molecular flexibility index (Phi) is 12.9. The summed E-state index contributed by atoms with van der Waals surface area (Å²) in [7, 11) is 3.39. The second kappa shape index (κ2) is 17.9. The Morgan fingerprint density at radius 3 is 2.06 bits per heavy atom. The zero-order valence-electron chi connectivity index (χ0n) is 30.8. The van der Waals surface area contributed by atoms with Crippen LogP contribution in [-0.2, 0) is 35.0 Å². The molecule has 1 amide bonds. The van der Waals surface area contributed by atoms with Gasteiger partial charge in [-0.15, -0.1) is 0 Å². The second-order valence-corrected chi connectivity index (χ2v) is 14.6. The fraction of sp³-hybridized carbons (Fsp3) is 0.326. The Labute approximate surface area is 318 Å². The zero-order valence-corrected chi connectivity index (χ0v) is 31.6. The van der Waals surface area contributed by atoms with E-state index < -0.39 is 0 Å². The summed E-state index contributed by atoms with van der Waals surface area (Å²) in [4.78, 5) is 12.9. The summed E-state index contributed by atoms with van der Waals surface area (Å²) in [6.45, 7) is 1.44. The molecule has 1 heterocycles. The molecule has 0 saturated carbocycles. The van der Waals surface area contributed by atoms with Gasteiger partial charge in [0.1, 0.15) is 5.82 Å². The monoisotopic (exact) mass is 732 g/mol. The summed E-state index contributed by atoms with van der Waals surface area (Å²) in [6.07, 6.45) is 7.13. The van der Waals surface area contributed by atoms with Crippen LogP contribution in [0, 0.1) is 5.82 Å². The van der Waals surface area contributed by atoms with Crippen molar-refractivity contribution >= 4 is 17.5 Å². The van der Waals surface area contributed by atoms with Gasteiger partial charge in [-0.1, -0.05) is 103 Å². The molecule has 7 heteroatoms. The lowest BCUT2D eigenvalue weighted by Gasteiger charge is -2.43. The zero-order chi connectivity index (χ0) is 37.1. The number of aryl methyl sites for hydroxylation is 1. The second-order valence-electron chi connectivity index (χ2n) is 14.2. The van der Waals surface area contributed by atoms with Crippen molar-refractivity contribution < 1.29 is 18.7 Å². The van der Waals surface area contributed by atoms with E-state index in [4.69, 9.17) is 21.1 Å². The summed E-state index contributed by atoms with van der Waals surface area (Å²) < 4.78 is 24.9. The number of carbonyl (C=O) groups excluding carboxylic acids is 1. The minimum Gasteiger partial charge on any atom is -0.493 e. The van der Waals surface area contributed by atoms with E-state index in [2.05, 4.69) is 95.6 Å². The highest BCUT2D eigenvalue weighted by atomic mass is 35.5. The van der Waals surface area contributed by atoms with Gasteiger partial charge in [-0.3, -0.25) is 4.79 Å². The smallest absolute Gasteiger partial charge is 0.220 e. The molecule has 5 aromatic carbocycles. The molecule has 1 unspecified atom stereocenters. The first-order valence-electron chi connectivity index (χ1n) is 18.7. The van der Waals surface area contributed by atoms with Crippen molar-refractivity contribution in [3.8, 4) is 11.5 Å². The van der Waals surface area contributed by atoms with E-state index in [9.17, 15) is 9.18 Å². The van der Waals surface area contributed by atoms with Crippen LogP contribution in [0.1, 0.15) is 71.9 Å². The Morgan fingerprint density at radius 1 is 0.811 bits per heavy atom. The van der Waals surface area contributed by atoms with Crippen molar-refractivity contribution in [2.75, 3.05) is 27.3 Å². The number of benzene rings is 5. The van der Waals surface area contributed by atoms with Gasteiger partial charge >= 0.3 is 0 Å². The van der Waals surface area contributed by atoms with Crippen LogP contribution in [0.5, 0.6) is 11.5 Å². The number of amides is 1. The van der Waals surface area contributed by atoms with Crippen molar-refractivity contribution in [2.24, 2.45) is 0 Å².